The molecule has 0 saturated carbocycles. The summed E-state index contributed by atoms with van der Waals surface area (Å²) in [5, 5.41) is 5.10. The SMILES string of the molecule is Cc1ccc(-c2[c-]cccc2)nc1.[Ir+3].[c-]1cc2c3cccc4c5ccccc5n(c2cc1-n1[c-][n+](-c2ccccc2)cc1)c43. The minimum atomic E-state index is 0. The molecule has 4 nitrogen and oxygen atoms in total. The Morgan fingerprint density at radius 2 is 1.48 bits per heavy atom. The zero-order valence-corrected chi connectivity index (χ0v) is 26.3. The van der Waals surface area contributed by atoms with E-state index in [-0.39, 0.29) is 20.1 Å². The van der Waals surface area contributed by atoms with Crippen molar-refractivity contribution in [3.63, 3.8) is 0 Å². The van der Waals surface area contributed by atoms with Crippen molar-refractivity contribution in [2.75, 3.05) is 0 Å². The van der Waals surface area contributed by atoms with Gasteiger partial charge in [0.15, 0.2) is 0 Å². The van der Waals surface area contributed by atoms with Gasteiger partial charge in [-0.3, -0.25) is 4.57 Å². The fraction of sp³-hybridized carbons (Fsp3) is 0.0256. The standard InChI is InChI=1S/C27H16N3.C12H10N.Ir/c1-2-7-19(8-3-1)28-15-16-29(18-28)20-13-14-22-24-11-6-10-23-21-9-4-5-12-25(21)30(27(23)24)26(22)17-20;1-10-7-8-12(13-9-10)11-5-3-2-4-6-11;/h1-12,14-17H;2-5,7-9H,1H3;/q2*-1;+3. The number of rotatable bonds is 3. The quantitative estimate of drug-likeness (QED) is 0.132. The molecule has 4 heterocycles. The second-order valence-electron chi connectivity index (χ2n) is 10.6. The summed E-state index contributed by atoms with van der Waals surface area (Å²) in [4.78, 5) is 4.32. The normalized spacial score (nSPS) is 11.1. The number of benzene rings is 5. The third-order valence-corrected chi connectivity index (χ3v) is 7.91. The van der Waals surface area contributed by atoms with E-state index in [1.165, 1.54) is 43.7 Å². The Labute approximate surface area is 269 Å². The Kier molecular flexibility index (Phi) is 7.27. The van der Waals surface area contributed by atoms with Crippen LogP contribution in [0.5, 0.6) is 0 Å². The van der Waals surface area contributed by atoms with Crippen molar-refractivity contribution in [3.8, 4) is 22.6 Å². The molecule has 5 aromatic carbocycles. The fourth-order valence-electron chi connectivity index (χ4n) is 5.86. The van der Waals surface area contributed by atoms with Gasteiger partial charge in [-0.25, -0.2) is 0 Å². The number of aryl methyl sites for hydroxylation is 1. The second kappa shape index (κ2) is 11.5. The average molecular weight is 743 g/mol. The van der Waals surface area contributed by atoms with Crippen molar-refractivity contribution < 1.29 is 24.7 Å². The molecule has 9 rings (SSSR count). The third kappa shape index (κ3) is 4.77. The summed E-state index contributed by atoms with van der Waals surface area (Å²) in [7, 11) is 0. The van der Waals surface area contributed by atoms with Crippen molar-refractivity contribution in [2.45, 2.75) is 6.92 Å². The maximum absolute atomic E-state index is 4.32. The first-order valence-electron chi connectivity index (χ1n) is 14.3. The summed E-state index contributed by atoms with van der Waals surface area (Å²) in [6.45, 7) is 2.03. The number of aromatic nitrogens is 4. The molecule has 0 spiro atoms. The molecule has 0 fully saturated rings. The molecule has 0 radical (unpaired) electrons. The van der Waals surface area contributed by atoms with E-state index in [2.05, 4.69) is 101 Å². The van der Waals surface area contributed by atoms with E-state index >= 15 is 0 Å². The molecule has 0 N–H and O–H groups in total. The first kappa shape index (κ1) is 27.7. The predicted octanol–water partition coefficient (Wildman–Crippen LogP) is 8.36. The maximum atomic E-state index is 4.32. The van der Waals surface area contributed by atoms with Crippen LogP contribution in [0.3, 0.4) is 0 Å². The van der Waals surface area contributed by atoms with Crippen LogP contribution in [0.2, 0.25) is 0 Å². The molecule has 0 aliphatic carbocycles. The number of para-hydroxylation sites is 3. The molecule has 5 heteroatoms. The topological polar surface area (TPSA) is 26.1 Å². The van der Waals surface area contributed by atoms with Gasteiger partial charge in [-0.15, -0.1) is 47.3 Å². The van der Waals surface area contributed by atoms with Crippen molar-refractivity contribution in [1.82, 2.24) is 14.0 Å². The molecule has 44 heavy (non-hydrogen) atoms. The predicted molar refractivity (Wildman–Crippen MR) is 173 cm³/mol. The van der Waals surface area contributed by atoms with Crippen molar-refractivity contribution in [2.24, 2.45) is 0 Å². The van der Waals surface area contributed by atoms with E-state index in [0.717, 1.165) is 22.6 Å². The molecular formula is C39H26IrN4+. The van der Waals surface area contributed by atoms with E-state index < -0.39 is 0 Å². The first-order valence-corrected chi connectivity index (χ1v) is 14.3. The molecule has 0 unspecified atom stereocenters. The molecule has 210 valence electrons. The zero-order chi connectivity index (χ0) is 28.8. The number of nitrogens with zero attached hydrogens (tertiary/aromatic N) is 4. The third-order valence-electron chi connectivity index (χ3n) is 7.91. The van der Waals surface area contributed by atoms with Gasteiger partial charge in [-0.1, -0.05) is 72.2 Å². The van der Waals surface area contributed by atoms with Crippen LogP contribution in [0.4, 0.5) is 0 Å². The second-order valence-corrected chi connectivity index (χ2v) is 10.6. The minimum Gasteiger partial charge on any atom is -0.333 e. The molecule has 4 aromatic heterocycles. The molecule has 0 aliphatic heterocycles. The van der Waals surface area contributed by atoms with Crippen LogP contribution in [0.15, 0.2) is 140 Å². The van der Waals surface area contributed by atoms with Crippen molar-refractivity contribution in [3.05, 3.63) is 164 Å². The molecule has 0 aliphatic rings. The van der Waals surface area contributed by atoms with Gasteiger partial charge in [0.05, 0.1) is 11.2 Å². The van der Waals surface area contributed by atoms with Crippen LogP contribution in [-0.4, -0.2) is 14.0 Å². The maximum Gasteiger partial charge on any atom is 3.00 e. The van der Waals surface area contributed by atoms with Gasteiger partial charge in [0.25, 0.3) is 6.33 Å². The van der Waals surface area contributed by atoms with Gasteiger partial charge in [0, 0.05) is 34.9 Å². The van der Waals surface area contributed by atoms with Gasteiger partial charge in [-0.2, -0.15) is 12.1 Å². The summed E-state index contributed by atoms with van der Waals surface area (Å²) in [6, 6.07) is 48.3. The Balaban J connectivity index is 0.000000189. The Bertz CT molecular complexity index is 2340. The Morgan fingerprint density at radius 1 is 0.705 bits per heavy atom. The average Bonchev–Trinajstić information content (AvgIpc) is 3.79. The molecular weight excluding hydrogens is 717 g/mol. The molecule has 0 saturated heterocycles. The van der Waals surface area contributed by atoms with Gasteiger partial charge in [0.1, 0.15) is 0 Å². The largest absolute Gasteiger partial charge is 3.00 e. The monoisotopic (exact) mass is 743 g/mol. The summed E-state index contributed by atoms with van der Waals surface area (Å²) >= 11 is 0. The van der Waals surface area contributed by atoms with Crippen molar-refractivity contribution in [1.29, 1.82) is 0 Å². The Morgan fingerprint density at radius 3 is 2.27 bits per heavy atom. The van der Waals surface area contributed by atoms with Crippen LogP contribution in [0.25, 0.3) is 60.7 Å². The number of pyridine rings is 1. The minimum absolute atomic E-state index is 0. The molecule has 0 atom stereocenters. The smallest absolute Gasteiger partial charge is 0.333 e. The summed E-state index contributed by atoms with van der Waals surface area (Å²) < 4.78 is 6.39. The van der Waals surface area contributed by atoms with Crippen LogP contribution in [0, 0.1) is 25.4 Å². The molecule has 0 bridgehead atoms. The molecule has 0 amide bonds. The van der Waals surface area contributed by atoms with Gasteiger partial charge < -0.3 is 14.0 Å². The number of imidazole rings is 1. The zero-order valence-electron chi connectivity index (χ0n) is 23.9. The van der Waals surface area contributed by atoms with Crippen LogP contribution < -0.4 is 4.57 Å². The number of hydrogen-bond donors (Lipinski definition) is 0. The van der Waals surface area contributed by atoms with Gasteiger partial charge in [-0.05, 0) is 47.5 Å². The van der Waals surface area contributed by atoms with Crippen LogP contribution in [-0.2, 0) is 20.1 Å². The first-order chi connectivity index (χ1) is 21.2. The number of hydrogen-bond acceptors (Lipinski definition) is 1. The van der Waals surface area contributed by atoms with Crippen molar-refractivity contribution >= 4 is 38.1 Å². The summed E-state index contributed by atoms with van der Waals surface area (Å²) in [6.07, 6.45) is 9.32. The summed E-state index contributed by atoms with van der Waals surface area (Å²) in [5.74, 6) is 0. The van der Waals surface area contributed by atoms with E-state index in [1.807, 2.05) is 83.2 Å². The van der Waals surface area contributed by atoms with E-state index in [9.17, 15) is 0 Å². The fourth-order valence-corrected chi connectivity index (χ4v) is 5.86. The number of fused-ring (bicyclic) bond motifs is 6. The van der Waals surface area contributed by atoms with E-state index in [0.29, 0.717) is 0 Å². The van der Waals surface area contributed by atoms with E-state index in [4.69, 9.17) is 0 Å². The van der Waals surface area contributed by atoms with E-state index in [1.54, 1.807) is 0 Å². The van der Waals surface area contributed by atoms with Gasteiger partial charge in [0.2, 0.25) is 0 Å². The van der Waals surface area contributed by atoms with Gasteiger partial charge >= 0.3 is 20.1 Å². The molecule has 9 aromatic rings. The summed E-state index contributed by atoms with van der Waals surface area (Å²) in [5.41, 5.74) is 8.99. The van der Waals surface area contributed by atoms with Crippen LogP contribution in [0.1, 0.15) is 5.56 Å². The Hall–Kier alpha value is -5.09. The van der Waals surface area contributed by atoms with Crippen LogP contribution >= 0.6 is 0 Å².